The average molecular weight is 461 g/mol. The molecule has 0 fully saturated rings. The van der Waals surface area contributed by atoms with Crippen molar-refractivity contribution < 1.29 is 0 Å². The molecule has 150 valence electrons. The normalized spacial score (nSPS) is 11.8. The van der Waals surface area contributed by atoms with Crippen molar-refractivity contribution in [3.63, 3.8) is 0 Å². The molecule has 0 atom stereocenters. The van der Waals surface area contributed by atoms with E-state index in [2.05, 4.69) is 72.7 Å². The van der Waals surface area contributed by atoms with E-state index in [-0.39, 0.29) is 0 Å². The maximum absolute atomic E-state index is 9.73. The topological polar surface area (TPSA) is 36.7 Å². The van der Waals surface area contributed by atoms with Crippen LogP contribution in [0.2, 0.25) is 17.3 Å². The Morgan fingerprint density at radius 1 is 0.774 bits per heavy atom. The SMILES string of the molecule is Cc1ccc2c(ccc3c(-c4cc(C#N)c5ccccc5c4)nccc32)[c]1[Ge]([CH3])([CH3])[CH3]. The number of pyridine rings is 1. The van der Waals surface area contributed by atoms with Crippen molar-refractivity contribution in [1.29, 1.82) is 5.26 Å². The second kappa shape index (κ2) is 7.22. The van der Waals surface area contributed by atoms with E-state index in [4.69, 9.17) is 4.98 Å². The van der Waals surface area contributed by atoms with Crippen LogP contribution >= 0.6 is 0 Å². The van der Waals surface area contributed by atoms with Gasteiger partial charge < -0.3 is 0 Å². The molecule has 0 N–H and O–H groups in total. The summed E-state index contributed by atoms with van der Waals surface area (Å²) in [7, 11) is 0. The summed E-state index contributed by atoms with van der Waals surface area (Å²) in [5.41, 5.74) is 4.01. The molecule has 0 aliphatic rings. The van der Waals surface area contributed by atoms with Gasteiger partial charge in [0.05, 0.1) is 0 Å². The first-order chi connectivity index (χ1) is 14.9. The molecule has 0 saturated carbocycles. The number of rotatable bonds is 2. The van der Waals surface area contributed by atoms with Gasteiger partial charge in [0.25, 0.3) is 0 Å². The van der Waals surface area contributed by atoms with E-state index >= 15 is 0 Å². The van der Waals surface area contributed by atoms with Gasteiger partial charge in [-0.25, -0.2) is 0 Å². The van der Waals surface area contributed by atoms with Crippen molar-refractivity contribution in [2.75, 3.05) is 0 Å². The number of benzene rings is 4. The van der Waals surface area contributed by atoms with E-state index in [1.54, 1.807) is 4.40 Å². The molecule has 0 bridgehead atoms. The van der Waals surface area contributed by atoms with Gasteiger partial charge in [0.2, 0.25) is 0 Å². The van der Waals surface area contributed by atoms with E-state index < -0.39 is 13.3 Å². The summed E-state index contributed by atoms with van der Waals surface area (Å²) in [6.07, 6.45) is 1.90. The molecule has 0 saturated heterocycles. The first kappa shape index (κ1) is 19.8. The van der Waals surface area contributed by atoms with Gasteiger partial charge in [0.1, 0.15) is 0 Å². The summed E-state index contributed by atoms with van der Waals surface area (Å²) in [6, 6.07) is 25.7. The molecule has 1 heterocycles. The van der Waals surface area contributed by atoms with Crippen molar-refractivity contribution in [2.45, 2.75) is 24.2 Å². The van der Waals surface area contributed by atoms with E-state index in [9.17, 15) is 5.26 Å². The molecule has 5 aromatic rings. The van der Waals surface area contributed by atoms with Crippen LogP contribution in [0.25, 0.3) is 43.6 Å². The summed E-state index contributed by atoms with van der Waals surface area (Å²) in [6.45, 7) is 2.24. The Hall–Kier alpha value is -3.16. The number of nitrogens with zero attached hydrogens (tertiary/aromatic N) is 2. The Bertz CT molecular complexity index is 1540. The van der Waals surface area contributed by atoms with Gasteiger partial charge in [-0.05, 0) is 0 Å². The molecule has 5 rings (SSSR count). The number of nitriles is 1. The molecule has 0 spiro atoms. The first-order valence-electron chi connectivity index (χ1n) is 10.6. The molecule has 0 amide bonds. The van der Waals surface area contributed by atoms with E-state index in [1.165, 1.54) is 21.7 Å². The first-order valence-corrected chi connectivity index (χ1v) is 18.0. The van der Waals surface area contributed by atoms with E-state index in [0.29, 0.717) is 5.56 Å². The molecular formula is C28H24GeN2. The van der Waals surface area contributed by atoms with Crippen molar-refractivity contribution in [1.82, 2.24) is 4.98 Å². The minimum absolute atomic E-state index is 0.687. The van der Waals surface area contributed by atoms with Gasteiger partial charge in [-0.2, -0.15) is 0 Å². The predicted molar refractivity (Wildman–Crippen MR) is 135 cm³/mol. The van der Waals surface area contributed by atoms with Gasteiger partial charge in [-0.1, -0.05) is 0 Å². The molecule has 2 nitrogen and oxygen atoms in total. The summed E-state index contributed by atoms with van der Waals surface area (Å²) in [5.74, 6) is 7.38. The van der Waals surface area contributed by atoms with E-state index in [1.807, 2.05) is 30.5 Å². The summed E-state index contributed by atoms with van der Waals surface area (Å²) in [4.78, 5) is 4.76. The predicted octanol–water partition coefficient (Wildman–Crippen LogP) is 6.93. The zero-order chi connectivity index (χ0) is 21.8. The second-order valence-electron chi connectivity index (χ2n) is 9.28. The number of aryl methyl sites for hydroxylation is 1. The fourth-order valence-corrected chi connectivity index (χ4v) is 9.75. The van der Waals surface area contributed by atoms with Gasteiger partial charge in [0, 0.05) is 0 Å². The van der Waals surface area contributed by atoms with Crippen molar-refractivity contribution in [2.24, 2.45) is 0 Å². The fourth-order valence-electron chi connectivity index (χ4n) is 4.95. The van der Waals surface area contributed by atoms with Gasteiger partial charge >= 0.3 is 186 Å². The third-order valence-corrected chi connectivity index (χ3v) is 10.7. The third kappa shape index (κ3) is 3.21. The molecule has 1 aromatic heterocycles. The second-order valence-corrected chi connectivity index (χ2v) is 19.8. The van der Waals surface area contributed by atoms with Crippen LogP contribution in [0.5, 0.6) is 0 Å². The molecule has 0 unspecified atom stereocenters. The molecule has 0 aliphatic carbocycles. The number of fused-ring (bicyclic) bond motifs is 4. The van der Waals surface area contributed by atoms with Gasteiger partial charge in [-0.15, -0.1) is 0 Å². The Kier molecular flexibility index (Phi) is 4.61. The summed E-state index contributed by atoms with van der Waals surface area (Å²) >= 11 is -2.05. The fraction of sp³-hybridized carbons (Fsp3) is 0.143. The van der Waals surface area contributed by atoms with Crippen LogP contribution in [0.1, 0.15) is 11.1 Å². The monoisotopic (exact) mass is 462 g/mol. The number of aromatic nitrogens is 1. The van der Waals surface area contributed by atoms with Crippen LogP contribution in [0.3, 0.4) is 0 Å². The maximum atomic E-state index is 9.73. The Morgan fingerprint density at radius 2 is 1.48 bits per heavy atom. The molecule has 3 heteroatoms. The zero-order valence-corrected chi connectivity index (χ0v) is 20.4. The zero-order valence-electron chi connectivity index (χ0n) is 18.3. The van der Waals surface area contributed by atoms with Gasteiger partial charge in [0.15, 0.2) is 0 Å². The quantitative estimate of drug-likeness (QED) is 0.211. The van der Waals surface area contributed by atoms with Crippen LogP contribution < -0.4 is 4.40 Å². The van der Waals surface area contributed by atoms with Crippen LogP contribution in [0.4, 0.5) is 0 Å². The molecule has 0 radical (unpaired) electrons. The van der Waals surface area contributed by atoms with Crippen LogP contribution in [0.15, 0.2) is 72.9 Å². The molecule has 31 heavy (non-hydrogen) atoms. The van der Waals surface area contributed by atoms with Crippen LogP contribution in [-0.2, 0) is 0 Å². The summed E-state index contributed by atoms with van der Waals surface area (Å²) < 4.78 is 1.58. The third-order valence-electron chi connectivity index (χ3n) is 6.16. The average Bonchev–Trinajstić information content (AvgIpc) is 2.76. The Labute approximate surface area is 185 Å². The van der Waals surface area contributed by atoms with Crippen molar-refractivity contribution >= 4 is 50.0 Å². The molecular weight excluding hydrogens is 437 g/mol. The minimum atomic E-state index is -2.05. The molecule has 4 aromatic carbocycles. The van der Waals surface area contributed by atoms with Gasteiger partial charge in [-0.3, -0.25) is 0 Å². The van der Waals surface area contributed by atoms with E-state index in [0.717, 1.165) is 27.4 Å². The van der Waals surface area contributed by atoms with Crippen LogP contribution in [0, 0.1) is 18.3 Å². The van der Waals surface area contributed by atoms with Crippen LogP contribution in [-0.4, -0.2) is 18.3 Å². The summed E-state index contributed by atoms with van der Waals surface area (Å²) in [5, 5.41) is 16.8. The Balaban J connectivity index is 1.84. The standard InChI is InChI=1S/C28H24GeN2/c1-18-9-10-23-24-13-14-31-28(26(24)12-11-25(23)27(18)29(2,3)4)20-15-19-7-5-6-8-22(19)21(16-20)17-30/h5-16H,1-4H3. The van der Waals surface area contributed by atoms with Crippen molar-refractivity contribution in [3.05, 3.63) is 84.1 Å². The Morgan fingerprint density at radius 3 is 2.26 bits per heavy atom. The number of hydrogen-bond acceptors (Lipinski definition) is 2. The van der Waals surface area contributed by atoms with Crippen molar-refractivity contribution in [3.8, 4) is 17.3 Å². The molecule has 0 aliphatic heterocycles. The number of hydrogen-bond donors (Lipinski definition) is 0.